The van der Waals surface area contributed by atoms with Crippen molar-refractivity contribution in [3.63, 3.8) is 0 Å². The lowest BCUT2D eigenvalue weighted by molar-refractivity contribution is 0.669. The highest BCUT2D eigenvalue weighted by Crippen LogP contribution is 2.42. The van der Waals surface area contributed by atoms with Crippen LogP contribution in [-0.2, 0) is 0 Å². The van der Waals surface area contributed by atoms with E-state index < -0.39 is 0 Å². The summed E-state index contributed by atoms with van der Waals surface area (Å²) in [5.74, 6) is 0.694. The zero-order valence-corrected chi connectivity index (χ0v) is 30.9. The highest BCUT2D eigenvalue weighted by Gasteiger charge is 2.18. The molecule has 0 fully saturated rings. The van der Waals surface area contributed by atoms with E-state index in [-0.39, 0.29) is 0 Å². The van der Waals surface area contributed by atoms with Crippen LogP contribution in [0.5, 0.6) is 0 Å². The van der Waals surface area contributed by atoms with Gasteiger partial charge in [0.15, 0.2) is 5.82 Å². The molecule has 0 saturated carbocycles. The van der Waals surface area contributed by atoms with Crippen LogP contribution in [0.4, 0.5) is 0 Å². The van der Waals surface area contributed by atoms with Gasteiger partial charge in [0.05, 0.1) is 11.4 Å². The molecule has 0 aliphatic carbocycles. The SMILES string of the molecule is c1ccc(-c2ccc(-c3cc(-c4ccccc4)nc(-c4ccc(-c5ccccc5-c5ccc6oc7cc8ccccc8cc7c6c5)c5ccccc45)n3)cc2)cc1. The third-order valence-electron chi connectivity index (χ3n) is 11.1. The Morgan fingerprint density at radius 1 is 0.281 bits per heavy atom. The van der Waals surface area contributed by atoms with Crippen molar-refractivity contribution < 1.29 is 4.42 Å². The van der Waals surface area contributed by atoms with Gasteiger partial charge in [-0.2, -0.15) is 0 Å². The molecule has 11 rings (SSSR count). The van der Waals surface area contributed by atoms with Crippen molar-refractivity contribution in [2.45, 2.75) is 0 Å². The molecule has 2 aromatic heterocycles. The molecule has 57 heavy (non-hydrogen) atoms. The van der Waals surface area contributed by atoms with Crippen molar-refractivity contribution in [1.29, 1.82) is 0 Å². The first-order chi connectivity index (χ1) is 28.2. The first-order valence-electron chi connectivity index (χ1n) is 19.3. The first kappa shape index (κ1) is 32.8. The van der Waals surface area contributed by atoms with Crippen LogP contribution in [0.25, 0.3) is 111 Å². The molecule has 9 aromatic carbocycles. The van der Waals surface area contributed by atoms with Crippen LogP contribution in [0, 0.1) is 0 Å². The van der Waals surface area contributed by atoms with E-state index in [2.05, 4.69) is 194 Å². The van der Waals surface area contributed by atoms with Crippen LogP contribution in [0.3, 0.4) is 0 Å². The summed E-state index contributed by atoms with van der Waals surface area (Å²) in [6.07, 6.45) is 0. The van der Waals surface area contributed by atoms with Crippen LogP contribution in [0.1, 0.15) is 0 Å². The fourth-order valence-electron chi connectivity index (χ4n) is 8.26. The van der Waals surface area contributed by atoms with Crippen LogP contribution in [0.15, 0.2) is 211 Å². The van der Waals surface area contributed by atoms with E-state index in [0.29, 0.717) is 5.82 Å². The highest BCUT2D eigenvalue weighted by molar-refractivity contribution is 6.12. The van der Waals surface area contributed by atoms with E-state index in [1.54, 1.807) is 0 Å². The predicted molar refractivity (Wildman–Crippen MR) is 237 cm³/mol. The number of hydrogen-bond acceptors (Lipinski definition) is 3. The molecule has 3 heteroatoms. The Morgan fingerprint density at radius 2 is 0.789 bits per heavy atom. The molecule has 0 radical (unpaired) electrons. The molecule has 266 valence electrons. The number of rotatable bonds is 6. The molecule has 0 aliphatic heterocycles. The van der Waals surface area contributed by atoms with Gasteiger partial charge in [-0.3, -0.25) is 0 Å². The van der Waals surface area contributed by atoms with Gasteiger partial charge in [-0.15, -0.1) is 0 Å². The Labute approximate surface area is 330 Å². The summed E-state index contributed by atoms with van der Waals surface area (Å²) in [4.78, 5) is 10.5. The molecule has 0 spiro atoms. The van der Waals surface area contributed by atoms with E-state index >= 15 is 0 Å². The maximum absolute atomic E-state index is 6.36. The van der Waals surface area contributed by atoms with Crippen LogP contribution >= 0.6 is 0 Å². The molecule has 2 heterocycles. The molecule has 0 amide bonds. The summed E-state index contributed by atoms with van der Waals surface area (Å²) >= 11 is 0. The third kappa shape index (κ3) is 5.85. The molecule has 0 N–H and O–H groups in total. The molecule has 0 unspecified atom stereocenters. The van der Waals surface area contributed by atoms with Gasteiger partial charge in [0.25, 0.3) is 0 Å². The van der Waals surface area contributed by atoms with Gasteiger partial charge in [-0.05, 0) is 91.3 Å². The largest absolute Gasteiger partial charge is 0.456 e. The van der Waals surface area contributed by atoms with E-state index in [1.165, 1.54) is 21.9 Å². The third-order valence-corrected chi connectivity index (χ3v) is 11.1. The second kappa shape index (κ2) is 13.6. The smallest absolute Gasteiger partial charge is 0.161 e. The predicted octanol–water partition coefficient (Wildman–Crippen LogP) is 14.7. The molecular formula is C54H34N2O. The zero-order chi connectivity index (χ0) is 37.7. The van der Waals surface area contributed by atoms with Gasteiger partial charge in [0.2, 0.25) is 0 Å². The number of furan rings is 1. The summed E-state index contributed by atoms with van der Waals surface area (Å²) < 4.78 is 6.36. The van der Waals surface area contributed by atoms with Crippen molar-refractivity contribution in [2.24, 2.45) is 0 Å². The Hall–Kier alpha value is -7.62. The van der Waals surface area contributed by atoms with Crippen molar-refractivity contribution in [3.05, 3.63) is 206 Å². The van der Waals surface area contributed by atoms with E-state index in [1.807, 2.05) is 12.1 Å². The van der Waals surface area contributed by atoms with Crippen molar-refractivity contribution >= 4 is 43.5 Å². The minimum Gasteiger partial charge on any atom is -0.456 e. The highest BCUT2D eigenvalue weighted by atomic mass is 16.3. The molecule has 11 aromatic rings. The molecule has 0 saturated heterocycles. The minimum absolute atomic E-state index is 0.694. The maximum atomic E-state index is 6.36. The van der Waals surface area contributed by atoms with Crippen molar-refractivity contribution in [1.82, 2.24) is 9.97 Å². The summed E-state index contributed by atoms with van der Waals surface area (Å²) in [6.45, 7) is 0. The summed E-state index contributed by atoms with van der Waals surface area (Å²) in [6, 6.07) is 72.8. The summed E-state index contributed by atoms with van der Waals surface area (Å²) in [5.41, 5.74) is 13.6. The Kier molecular flexibility index (Phi) is 7.82. The van der Waals surface area contributed by atoms with E-state index in [4.69, 9.17) is 14.4 Å². The number of hydrogen-bond donors (Lipinski definition) is 0. The fourth-order valence-corrected chi connectivity index (χ4v) is 8.26. The number of benzene rings is 9. The molecule has 0 aliphatic rings. The summed E-state index contributed by atoms with van der Waals surface area (Å²) in [5, 5.41) is 6.87. The van der Waals surface area contributed by atoms with Crippen molar-refractivity contribution in [2.75, 3.05) is 0 Å². The minimum atomic E-state index is 0.694. The van der Waals surface area contributed by atoms with Gasteiger partial charge in [0.1, 0.15) is 11.2 Å². The number of nitrogens with zero attached hydrogens (tertiary/aromatic N) is 2. The second-order valence-electron chi connectivity index (χ2n) is 14.5. The molecule has 0 bridgehead atoms. The van der Waals surface area contributed by atoms with Crippen LogP contribution < -0.4 is 0 Å². The average molecular weight is 727 g/mol. The lowest BCUT2D eigenvalue weighted by Crippen LogP contribution is -1.97. The summed E-state index contributed by atoms with van der Waals surface area (Å²) in [7, 11) is 0. The number of aromatic nitrogens is 2. The fraction of sp³-hybridized carbons (Fsp3) is 0. The Morgan fingerprint density at radius 3 is 1.53 bits per heavy atom. The molecule has 0 atom stereocenters. The van der Waals surface area contributed by atoms with Gasteiger partial charge in [0, 0.05) is 27.5 Å². The van der Waals surface area contributed by atoms with Gasteiger partial charge < -0.3 is 4.42 Å². The topological polar surface area (TPSA) is 38.9 Å². The standard InChI is InChI=1S/C54H34N2O/c1-3-13-35(14-4-1)36-23-25-38(26-24-36)51-34-50(37-15-5-2-6-16-37)55-54(56-51)47-29-28-46(44-21-11-12-22-45(44)47)43-20-10-9-19-42(43)41-27-30-52-48(32-41)49-31-39-17-7-8-18-40(39)33-53(49)57-52/h1-34H. The Bertz CT molecular complexity index is 3270. The Balaban J connectivity index is 1.04. The van der Waals surface area contributed by atoms with E-state index in [0.717, 1.165) is 83.0 Å². The molecular weight excluding hydrogens is 693 g/mol. The normalized spacial score (nSPS) is 11.5. The average Bonchev–Trinajstić information content (AvgIpc) is 3.65. The van der Waals surface area contributed by atoms with Crippen LogP contribution in [0.2, 0.25) is 0 Å². The van der Waals surface area contributed by atoms with Crippen LogP contribution in [-0.4, -0.2) is 9.97 Å². The second-order valence-corrected chi connectivity index (χ2v) is 14.5. The van der Waals surface area contributed by atoms with Gasteiger partial charge in [-0.1, -0.05) is 170 Å². The maximum Gasteiger partial charge on any atom is 0.161 e. The monoisotopic (exact) mass is 726 g/mol. The quantitative estimate of drug-likeness (QED) is 0.171. The molecule has 3 nitrogen and oxygen atoms in total. The first-order valence-corrected chi connectivity index (χ1v) is 19.3. The number of fused-ring (bicyclic) bond motifs is 5. The lowest BCUT2D eigenvalue weighted by Gasteiger charge is -2.16. The van der Waals surface area contributed by atoms with Crippen molar-refractivity contribution in [3.8, 4) is 67.3 Å². The van der Waals surface area contributed by atoms with E-state index in [9.17, 15) is 0 Å². The van der Waals surface area contributed by atoms with Gasteiger partial charge >= 0.3 is 0 Å². The zero-order valence-electron chi connectivity index (χ0n) is 30.9. The lowest BCUT2D eigenvalue weighted by atomic mass is 9.89. The van der Waals surface area contributed by atoms with Gasteiger partial charge in [-0.25, -0.2) is 9.97 Å².